The third-order valence-electron chi connectivity index (χ3n) is 2.42. The van der Waals surface area contributed by atoms with E-state index in [1.807, 2.05) is 6.07 Å². The predicted molar refractivity (Wildman–Crippen MR) is 73.6 cm³/mol. The van der Waals surface area contributed by atoms with Gasteiger partial charge in [0, 0.05) is 6.08 Å². The van der Waals surface area contributed by atoms with E-state index in [-0.39, 0.29) is 0 Å². The fourth-order valence-corrected chi connectivity index (χ4v) is 1.55. The van der Waals surface area contributed by atoms with Crippen LogP contribution in [0.1, 0.15) is 11.1 Å². The van der Waals surface area contributed by atoms with Crippen LogP contribution in [0.15, 0.2) is 30.3 Å². The first kappa shape index (κ1) is 15.9. The van der Waals surface area contributed by atoms with E-state index in [0.29, 0.717) is 11.1 Å². The Kier molecular flexibility index (Phi) is 5.65. The summed E-state index contributed by atoms with van der Waals surface area (Å²) < 4.78 is 0. The summed E-state index contributed by atoms with van der Waals surface area (Å²) in [6.45, 7) is -1.10. The molecule has 0 bridgehead atoms. The Morgan fingerprint density at radius 1 is 1.33 bits per heavy atom. The zero-order valence-corrected chi connectivity index (χ0v) is 11.0. The van der Waals surface area contributed by atoms with Gasteiger partial charge in [0.05, 0.1) is 11.6 Å². The topological polar surface area (TPSA) is 124 Å². The highest BCUT2D eigenvalue weighted by atomic mass is 16.4. The molecule has 7 heteroatoms. The van der Waals surface area contributed by atoms with Gasteiger partial charge < -0.3 is 15.7 Å². The summed E-state index contributed by atoms with van der Waals surface area (Å²) in [5.41, 5.74) is 6.01. The Morgan fingerprint density at radius 3 is 2.62 bits per heavy atom. The van der Waals surface area contributed by atoms with Crippen molar-refractivity contribution in [3.63, 3.8) is 0 Å². The lowest BCUT2D eigenvalue weighted by molar-refractivity contribution is -0.143. The number of nitrogens with two attached hydrogens (primary N) is 1. The molecule has 7 nitrogen and oxygen atoms in total. The van der Waals surface area contributed by atoms with E-state index in [1.54, 1.807) is 24.3 Å². The number of carboxylic acid groups (broad SMARTS) is 1. The molecule has 0 spiro atoms. The van der Waals surface area contributed by atoms with Crippen LogP contribution in [0, 0.1) is 11.3 Å². The molecule has 0 fully saturated rings. The number of hydrogen-bond donors (Lipinski definition) is 2. The van der Waals surface area contributed by atoms with Gasteiger partial charge in [-0.05, 0) is 23.8 Å². The SMILES string of the molecule is N#Cc1cccc(/C=C/C(=O)N(CC(N)=O)CC(=O)O)c1. The minimum atomic E-state index is -1.25. The quantitative estimate of drug-likeness (QED) is 0.711. The van der Waals surface area contributed by atoms with E-state index < -0.39 is 30.9 Å². The van der Waals surface area contributed by atoms with Gasteiger partial charge in [0.2, 0.25) is 11.8 Å². The van der Waals surface area contributed by atoms with Gasteiger partial charge >= 0.3 is 5.97 Å². The van der Waals surface area contributed by atoms with Crippen LogP contribution in [0.25, 0.3) is 6.08 Å². The van der Waals surface area contributed by atoms with Gasteiger partial charge in [-0.2, -0.15) is 5.26 Å². The highest BCUT2D eigenvalue weighted by molar-refractivity contribution is 5.95. The molecule has 0 aliphatic heterocycles. The smallest absolute Gasteiger partial charge is 0.323 e. The predicted octanol–water partition coefficient (Wildman–Crippen LogP) is -0.0300. The maximum absolute atomic E-state index is 11.8. The lowest BCUT2D eigenvalue weighted by Gasteiger charge is -2.16. The van der Waals surface area contributed by atoms with Crippen LogP contribution < -0.4 is 5.73 Å². The Balaban J connectivity index is 2.84. The Labute approximate surface area is 120 Å². The van der Waals surface area contributed by atoms with Crippen LogP contribution in [0.2, 0.25) is 0 Å². The third-order valence-corrected chi connectivity index (χ3v) is 2.42. The minimum Gasteiger partial charge on any atom is -0.480 e. The van der Waals surface area contributed by atoms with Crippen molar-refractivity contribution in [3.8, 4) is 6.07 Å². The number of carbonyl (C=O) groups is 3. The Bertz CT molecular complexity index is 615. The van der Waals surface area contributed by atoms with Gasteiger partial charge in [-0.25, -0.2) is 0 Å². The van der Waals surface area contributed by atoms with Gasteiger partial charge in [-0.3, -0.25) is 14.4 Å². The van der Waals surface area contributed by atoms with Gasteiger partial charge in [0.1, 0.15) is 13.1 Å². The summed E-state index contributed by atoms with van der Waals surface area (Å²) in [5, 5.41) is 17.5. The molecule has 21 heavy (non-hydrogen) atoms. The van der Waals surface area contributed by atoms with Crippen molar-refractivity contribution in [1.82, 2.24) is 4.90 Å². The number of nitrogens with zero attached hydrogens (tertiary/aromatic N) is 2. The van der Waals surface area contributed by atoms with Crippen molar-refractivity contribution in [2.45, 2.75) is 0 Å². The second kappa shape index (κ2) is 7.45. The lowest BCUT2D eigenvalue weighted by Crippen LogP contribution is -2.40. The summed E-state index contributed by atoms with van der Waals surface area (Å²) in [4.78, 5) is 34.1. The van der Waals surface area contributed by atoms with E-state index in [0.717, 1.165) is 11.0 Å². The average Bonchev–Trinajstić information content (AvgIpc) is 2.43. The molecule has 1 rings (SSSR count). The summed E-state index contributed by atoms with van der Waals surface area (Å²) in [5.74, 6) is -2.70. The Morgan fingerprint density at radius 2 is 2.05 bits per heavy atom. The summed E-state index contributed by atoms with van der Waals surface area (Å²) in [7, 11) is 0. The number of carboxylic acids is 1. The van der Waals surface area contributed by atoms with Crippen molar-refractivity contribution in [2.24, 2.45) is 5.73 Å². The lowest BCUT2D eigenvalue weighted by atomic mass is 10.1. The molecule has 0 aromatic heterocycles. The van der Waals surface area contributed by atoms with Crippen molar-refractivity contribution in [2.75, 3.05) is 13.1 Å². The van der Waals surface area contributed by atoms with Crippen LogP contribution in [0.4, 0.5) is 0 Å². The Hall–Kier alpha value is -3.14. The molecule has 3 N–H and O–H groups in total. The van der Waals surface area contributed by atoms with Crippen molar-refractivity contribution in [3.05, 3.63) is 41.5 Å². The zero-order chi connectivity index (χ0) is 15.8. The molecule has 0 saturated carbocycles. The van der Waals surface area contributed by atoms with Crippen molar-refractivity contribution >= 4 is 23.9 Å². The molecule has 0 aliphatic carbocycles. The molecular weight excluding hydrogens is 274 g/mol. The average molecular weight is 287 g/mol. The maximum atomic E-state index is 11.8. The fourth-order valence-electron chi connectivity index (χ4n) is 1.55. The molecule has 0 aliphatic rings. The first-order valence-electron chi connectivity index (χ1n) is 5.89. The molecule has 0 atom stereocenters. The monoisotopic (exact) mass is 287 g/mol. The number of primary amides is 1. The van der Waals surface area contributed by atoms with Gasteiger partial charge in [0.25, 0.3) is 0 Å². The summed E-state index contributed by atoms with van der Waals surface area (Å²) in [6.07, 6.45) is 2.56. The zero-order valence-electron chi connectivity index (χ0n) is 11.0. The molecule has 0 radical (unpaired) electrons. The molecule has 0 saturated heterocycles. The van der Waals surface area contributed by atoms with E-state index in [2.05, 4.69) is 0 Å². The van der Waals surface area contributed by atoms with Crippen molar-refractivity contribution < 1.29 is 19.5 Å². The molecule has 108 valence electrons. The normalized spacial score (nSPS) is 10.0. The number of carbonyl (C=O) groups excluding carboxylic acids is 2. The van der Waals surface area contributed by atoms with Gasteiger partial charge in [0.15, 0.2) is 0 Å². The van der Waals surface area contributed by atoms with Crippen molar-refractivity contribution in [1.29, 1.82) is 5.26 Å². The van der Waals surface area contributed by atoms with Gasteiger partial charge in [-0.15, -0.1) is 0 Å². The number of hydrogen-bond acceptors (Lipinski definition) is 4. The first-order chi connectivity index (χ1) is 9.92. The highest BCUT2D eigenvalue weighted by Gasteiger charge is 2.16. The maximum Gasteiger partial charge on any atom is 0.323 e. The van der Waals surface area contributed by atoms with E-state index in [4.69, 9.17) is 16.1 Å². The summed E-state index contributed by atoms with van der Waals surface area (Å²) in [6, 6.07) is 8.48. The number of aliphatic carboxylic acids is 1. The first-order valence-corrected chi connectivity index (χ1v) is 5.89. The van der Waals surface area contributed by atoms with Crippen LogP contribution in [0.3, 0.4) is 0 Å². The summed E-state index contributed by atoms with van der Waals surface area (Å²) >= 11 is 0. The van der Waals surface area contributed by atoms with Gasteiger partial charge in [-0.1, -0.05) is 12.1 Å². The number of nitriles is 1. The third kappa shape index (κ3) is 5.57. The molecule has 1 aromatic carbocycles. The van der Waals surface area contributed by atoms with Crippen LogP contribution in [-0.2, 0) is 14.4 Å². The number of benzene rings is 1. The molecule has 1 aromatic rings. The second-order valence-corrected chi connectivity index (χ2v) is 4.12. The standard InChI is InChI=1S/C14H13N3O4/c15-7-11-3-1-2-10(6-11)4-5-13(19)17(8-12(16)18)9-14(20)21/h1-6H,8-9H2,(H2,16,18)(H,20,21)/b5-4+. The number of rotatable bonds is 6. The van der Waals surface area contributed by atoms with E-state index in [9.17, 15) is 14.4 Å². The minimum absolute atomic E-state index is 0.434. The number of amides is 2. The highest BCUT2D eigenvalue weighted by Crippen LogP contribution is 2.06. The molecular formula is C14H13N3O4. The molecule has 0 unspecified atom stereocenters. The largest absolute Gasteiger partial charge is 0.480 e. The van der Waals surface area contributed by atoms with Crippen LogP contribution in [0.5, 0.6) is 0 Å². The van der Waals surface area contributed by atoms with Crippen LogP contribution >= 0.6 is 0 Å². The molecule has 2 amide bonds. The van der Waals surface area contributed by atoms with E-state index in [1.165, 1.54) is 6.08 Å². The fraction of sp³-hybridized carbons (Fsp3) is 0.143. The van der Waals surface area contributed by atoms with E-state index >= 15 is 0 Å². The molecule has 0 heterocycles. The second-order valence-electron chi connectivity index (χ2n) is 4.12. The van der Waals surface area contributed by atoms with Crippen LogP contribution in [-0.4, -0.2) is 40.9 Å².